The van der Waals surface area contributed by atoms with E-state index in [1.807, 2.05) is 42.5 Å². The van der Waals surface area contributed by atoms with Crippen molar-refractivity contribution in [3.8, 4) is 17.2 Å². The first-order chi connectivity index (χ1) is 14.2. The van der Waals surface area contributed by atoms with Crippen LogP contribution in [0.3, 0.4) is 0 Å². The highest BCUT2D eigenvalue weighted by atomic mass is 32.2. The lowest BCUT2D eigenvalue weighted by molar-refractivity contribution is 0.0522. The van der Waals surface area contributed by atoms with Crippen LogP contribution < -0.4 is 4.74 Å². The Labute approximate surface area is 171 Å². The third-order valence-electron chi connectivity index (χ3n) is 4.14. The molecule has 0 saturated carbocycles. The van der Waals surface area contributed by atoms with E-state index in [4.69, 9.17) is 13.9 Å². The number of nitrogens with zero attached hydrogens (tertiary/aromatic N) is 3. The van der Waals surface area contributed by atoms with Crippen molar-refractivity contribution in [2.45, 2.75) is 17.0 Å². The fraction of sp³-hybridized carbons (Fsp3) is 0.143. The smallest absolute Gasteiger partial charge is 0.340 e. The number of rotatable bonds is 6. The molecule has 2 aromatic carbocycles. The van der Waals surface area contributed by atoms with Gasteiger partial charge in [0.2, 0.25) is 5.89 Å². The van der Waals surface area contributed by atoms with Gasteiger partial charge in [-0.25, -0.2) is 4.79 Å². The lowest BCUT2D eigenvalue weighted by Crippen LogP contribution is -2.07. The summed E-state index contributed by atoms with van der Waals surface area (Å²) < 4.78 is 16.3. The maximum atomic E-state index is 12.5. The Morgan fingerprint density at radius 1 is 1.14 bits per heavy atom. The fourth-order valence-corrected chi connectivity index (χ4v) is 3.68. The van der Waals surface area contributed by atoms with E-state index in [0.29, 0.717) is 32.8 Å². The summed E-state index contributed by atoms with van der Waals surface area (Å²) >= 11 is 1.20. The van der Waals surface area contributed by atoms with Crippen molar-refractivity contribution in [3.63, 3.8) is 0 Å². The van der Waals surface area contributed by atoms with Crippen molar-refractivity contribution in [1.29, 1.82) is 0 Å². The molecule has 2 aromatic heterocycles. The van der Waals surface area contributed by atoms with Crippen molar-refractivity contribution >= 4 is 28.6 Å². The summed E-state index contributed by atoms with van der Waals surface area (Å²) in [7, 11) is 1.59. The maximum absolute atomic E-state index is 12.5. The fourth-order valence-electron chi connectivity index (χ4n) is 2.77. The summed E-state index contributed by atoms with van der Waals surface area (Å²) in [4.78, 5) is 17.5. The molecule has 0 unspecified atom stereocenters. The molecule has 0 amide bonds. The van der Waals surface area contributed by atoms with Crippen molar-refractivity contribution in [2.75, 3.05) is 13.7 Å². The van der Waals surface area contributed by atoms with E-state index >= 15 is 0 Å². The predicted molar refractivity (Wildman–Crippen MR) is 108 cm³/mol. The molecule has 0 aliphatic rings. The predicted octanol–water partition coefficient (Wildman–Crippen LogP) is 4.62. The summed E-state index contributed by atoms with van der Waals surface area (Å²) in [5.41, 5.74) is 1.85. The van der Waals surface area contributed by atoms with E-state index in [2.05, 4.69) is 15.2 Å². The maximum Gasteiger partial charge on any atom is 0.340 e. The second-order valence-electron chi connectivity index (χ2n) is 5.95. The molecular weight excluding hydrogens is 390 g/mol. The van der Waals surface area contributed by atoms with Gasteiger partial charge in [0.15, 0.2) is 0 Å². The average Bonchev–Trinajstić information content (AvgIpc) is 3.23. The summed E-state index contributed by atoms with van der Waals surface area (Å²) in [6.07, 6.45) is 1.50. The van der Waals surface area contributed by atoms with Gasteiger partial charge in [0.05, 0.1) is 24.8 Å². The molecule has 0 atom stereocenters. The number of methoxy groups -OCH3 is 1. The van der Waals surface area contributed by atoms with E-state index in [1.165, 1.54) is 18.0 Å². The Morgan fingerprint density at radius 3 is 2.72 bits per heavy atom. The van der Waals surface area contributed by atoms with Gasteiger partial charge in [-0.3, -0.25) is 4.98 Å². The first kappa shape index (κ1) is 18.9. The lowest BCUT2D eigenvalue weighted by Gasteiger charge is -2.10. The van der Waals surface area contributed by atoms with Crippen LogP contribution in [0.25, 0.3) is 22.4 Å². The molecule has 0 aliphatic carbocycles. The second kappa shape index (κ2) is 8.32. The van der Waals surface area contributed by atoms with Gasteiger partial charge < -0.3 is 13.9 Å². The minimum atomic E-state index is -0.456. The van der Waals surface area contributed by atoms with Gasteiger partial charge in [0.25, 0.3) is 5.22 Å². The average molecular weight is 407 g/mol. The Balaban J connectivity index is 1.77. The Bertz CT molecular complexity index is 1160. The highest BCUT2D eigenvalue weighted by Crippen LogP contribution is 2.37. The zero-order valence-corrected chi connectivity index (χ0v) is 16.6. The Kier molecular flexibility index (Phi) is 5.44. The Morgan fingerprint density at radius 2 is 1.97 bits per heavy atom. The molecule has 29 heavy (non-hydrogen) atoms. The van der Waals surface area contributed by atoms with Crippen molar-refractivity contribution in [1.82, 2.24) is 15.2 Å². The van der Waals surface area contributed by atoms with Crippen LogP contribution in [0.15, 0.2) is 69.3 Å². The highest BCUT2D eigenvalue weighted by Gasteiger charge is 2.20. The second-order valence-corrected chi connectivity index (χ2v) is 6.91. The quantitative estimate of drug-likeness (QED) is 0.428. The number of benzene rings is 2. The molecule has 4 rings (SSSR count). The van der Waals surface area contributed by atoms with Crippen LogP contribution in [0.5, 0.6) is 5.75 Å². The van der Waals surface area contributed by atoms with Crippen LogP contribution in [0, 0.1) is 0 Å². The number of fused-ring (bicyclic) bond motifs is 1. The molecule has 0 aliphatic heterocycles. The summed E-state index contributed by atoms with van der Waals surface area (Å²) in [6.45, 7) is 2.02. The van der Waals surface area contributed by atoms with E-state index in [-0.39, 0.29) is 6.61 Å². The number of hydrogen-bond acceptors (Lipinski definition) is 8. The summed E-state index contributed by atoms with van der Waals surface area (Å²) in [6, 6.07) is 15.0. The molecule has 0 radical (unpaired) electrons. The van der Waals surface area contributed by atoms with Gasteiger partial charge >= 0.3 is 5.97 Å². The number of pyridine rings is 1. The molecule has 8 heteroatoms. The molecule has 4 aromatic rings. The van der Waals surface area contributed by atoms with E-state index in [1.54, 1.807) is 20.1 Å². The Hall–Kier alpha value is -3.39. The number of hydrogen-bond donors (Lipinski definition) is 0. The minimum absolute atomic E-state index is 0.266. The van der Waals surface area contributed by atoms with Gasteiger partial charge in [-0.2, -0.15) is 0 Å². The van der Waals surface area contributed by atoms with Gasteiger partial charge in [-0.15, -0.1) is 10.2 Å². The van der Waals surface area contributed by atoms with Crippen LogP contribution in [0.4, 0.5) is 0 Å². The third kappa shape index (κ3) is 3.93. The first-order valence-corrected chi connectivity index (χ1v) is 9.72. The molecule has 0 spiro atoms. The first-order valence-electron chi connectivity index (χ1n) is 8.90. The molecule has 0 saturated heterocycles. The molecule has 146 valence electrons. The van der Waals surface area contributed by atoms with Crippen LogP contribution in [-0.4, -0.2) is 34.9 Å². The SMILES string of the molecule is CCOC(=O)c1cnc2cc(OC)ccc2c1Sc1nnc(-c2ccccc2)o1. The number of carbonyl (C=O) groups excluding carboxylic acids is 1. The van der Waals surface area contributed by atoms with Crippen LogP contribution in [0.1, 0.15) is 17.3 Å². The standard InChI is InChI=1S/C21H17N3O4S/c1-3-27-20(25)16-12-22-17-11-14(26-2)9-10-15(17)18(16)29-21-24-23-19(28-21)13-7-5-4-6-8-13/h4-12H,3H2,1-2H3. The topological polar surface area (TPSA) is 87.3 Å². The van der Waals surface area contributed by atoms with Gasteiger partial charge in [0, 0.05) is 28.1 Å². The van der Waals surface area contributed by atoms with Crippen LogP contribution in [0.2, 0.25) is 0 Å². The van der Waals surface area contributed by atoms with E-state index < -0.39 is 5.97 Å². The molecule has 0 fully saturated rings. The minimum Gasteiger partial charge on any atom is -0.497 e. The zero-order valence-electron chi connectivity index (χ0n) is 15.8. The van der Waals surface area contributed by atoms with Crippen LogP contribution >= 0.6 is 11.8 Å². The molecule has 7 nitrogen and oxygen atoms in total. The molecular formula is C21H17N3O4S. The highest BCUT2D eigenvalue weighted by molar-refractivity contribution is 7.99. The van der Waals surface area contributed by atoms with Crippen molar-refractivity contribution in [3.05, 3.63) is 60.3 Å². The number of esters is 1. The summed E-state index contributed by atoms with van der Waals surface area (Å²) in [5.74, 6) is 0.628. The largest absolute Gasteiger partial charge is 0.497 e. The zero-order chi connectivity index (χ0) is 20.2. The summed E-state index contributed by atoms with van der Waals surface area (Å²) in [5, 5.41) is 9.32. The number of aromatic nitrogens is 3. The van der Waals surface area contributed by atoms with Gasteiger partial charge in [-0.1, -0.05) is 18.2 Å². The van der Waals surface area contributed by atoms with Crippen molar-refractivity contribution in [2.24, 2.45) is 0 Å². The third-order valence-corrected chi connectivity index (χ3v) is 5.12. The number of carbonyl (C=O) groups is 1. The van der Waals surface area contributed by atoms with Gasteiger partial charge in [0.1, 0.15) is 5.75 Å². The lowest BCUT2D eigenvalue weighted by atomic mass is 10.1. The van der Waals surface area contributed by atoms with Gasteiger partial charge in [-0.05, 0) is 43.0 Å². The monoisotopic (exact) mass is 407 g/mol. The molecule has 2 heterocycles. The van der Waals surface area contributed by atoms with Crippen LogP contribution in [-0.2, 0) is 4.74 Å². The molecule has 0 N–H and O–H groups in total. The van der Waals surface area contributed by atoms with E-state index in [9.17, 15) is 4.79 Å². The normalized spacial score (nSPS) is 10.8. The van der Waals surface area contributed by atoms with E-state index in [0.717, 1.165) is 10.9 Å². The molecule has 0 bridgehead atoms. The number of ether oxygens (including phenoxy) is 2. The van der Waals surface area contributed by atoms with Crippen molar-refractivity contribution < 1.29 is 18.7 Å².